The molecule has 4 rings (SSSR count). The molecule has 2 heterocycles. The maximum absolute atomic E-state index is 5.58. The molecule has 138 valence electrons. The van der Waals surface area contributed by atoms with Gasteiger partial charge in [-0.3, -0.25) is 4.99 Å². The summed E-state index contributed by atoms with van der Waals surface area (Å²) in [7, 11) is 0. The summed E-state index contributed by atoms with van der Waals surface area (Å²) in [5.41, 5.74) is 4.31. The van der Waals surface area contributed by atoms with Crippen molar-refractivity contribution in [1.82, 2.24) is 5.32 Å². The largest absolute Gasteiger partial charge is 0.332 e. The zero-order valence-electron chi connectivity index (χ0n) is 14.9. The van der Waals surface area contributed by atoms with Gasteiger partial charge in [0.15, 0.2) is 5.11 Å². The third kappa shape index (κ3) is 4.20. The molecule has 27 heavy (non-hydrogen) atoms. The molecule has 7 heteroatoms. The second kappa shape index (κ2) is 8.46. The smallest absolute Gasteiger partial charge is 0.175 e. The Bertz CT molecular complexity index is 912. The number of nitrogens with zero attached hydrogens (tertiary/aromatic N) is 2. The SMILES string of the molecule is CSc1ccccc1NC(=S)NC1=CCCC=C1C1=NC2=CC=NCC2S1. The minimum Gasteiger partial charge on any atom is -0.332 e. The number of anilines is 1. The number of hydrogen-bond acceptors (Lipinski definition) is 5. The summed E-state index contributed by atoms with van der Waals surface area (Å²) in [4.78, 5) is 10.4. The van der Waals surface area contributed by atoms with Crippen LogP contribution in [0.3, 0.4) is 0 Å². The summed E-state index contributed by atoms with van der Waals surface area (Å²) in [6.07, 6.45) is 12.4. The van der Waals surface area contributed by atoms with Crippen LogP contribution in [0, 0.1) is 0 Å². The molecular weight excluding hydrogens is 392 g/mol. The first-order valence-corrected chi connectivity index (χ1v) is 11.3. The lowest BCUT2D eigenvalue weighted by atomic mass is 10.0. The molecule has 0 spiro atoms. The zero-order valence-corrected chi connectivity index (χ0v) is 17.4. The van der Waals surface area contributed by atoms with Crippen LogP contribution in [0.5, 0.6) is 0 Å². The highest BCUT2D eigenvalue weighted by molar-refractivity contribution is 8.15. The van der Waals surface area contributed by atoms with Crippen molar-refractivity contribution in [1.29, 1.82) is 0 Å². The van der Waals surface area contributed by atoms with E-state index in [2.05, 4.69) is 40.1 Å². The molecule has 3 aliphatic rings. The van der Waals surface area contributed by atoms with Crippen molar-refractivity contribution < 1.29 is 0 Å². The second-order valence-corrected chi connectivity index (χ2v) is 8.67. The van der Waals surface area contributed by atoms with Gasteiger partial charge < -0.3 is 10.6 Å². The van der Waals surface area contributed by atoms with Crippen LogP contribution >= 0.6 is 35.7 Å². The number of hydrogen-bond donors (Lipinski definition) is 2. The lowest BCUT2D eigenvalue weighted by Crippen LogP contribution is -2.30. The number of para-hydroxylation sites is 1. The predicted molar refractivity (Wildman–Crippen MR) is 123 cm³/mol. The molecule has 0 radical (unpaired) electrons. The summed E-state index contributed by atoms with van der Waals surface area (Å²) in [5, 5.41) is 8.70. The molecule has 1 aliphatic carbocycles. The van der Waals surface area contributed by atoms with Gasteiger partial charge in [-0.15, -0.1) is 11.8 Å². The Morgan fingerprint density at radius 3 is 2.93 bits per heavy atom. The second-order valence-electron chi connectivity index (χ2n) is 6.22. The minimum atomic E-state index is 0.340. The Morgan fingerprint density at radius 2 is 2.07 bits per heavy atom. The van der Waals surface area contributed by atoms with Crippen molar-refractivity contribution in [2.45, 2.75) is 23.0 Å². The maximum atomic E-state index is 5.58. The van der Waals surface area contributed by atoms with E-state index in [-0.39, 0.29) is 0 Å². The number of aliphatic imine (C=N–C) groups is 2. The molecule has 1 unspecified atom stereocenters. The number of rotatable bonds is 4. The van der Waals surface area contributed by atoms with Gasteiger partial charge in [0.2, 0.25) is 0 Å². The lowest BCUT2D eigenvalue weighted by molar-refractivity contribution is 0.959. The molecular formula is C20H20N4S3. The summed E-state index contributed by atoms with van der Waals surface area (Å²) in [6, 6.07) is 8.17. The highest BCUT2D eigenvalue weighted by Gasteiger charge is 2.29. The first-order valence-electron chi connectivity index (χ1n) is 8.82. The molecule has 2 N–H and O–H groups in total. The van der Waals surface area contributed by atoms with Crippen LogP contribution in [0.2, 0.25) is 0 Å². The Balaban J connectivity index is 1.48. The Morgan fingerprint density at radius 1 is 1.22 bits per heavy atom. The summed E-state index contributed by atoms with van der Waals surface area (Å²) >= 11 is 9.07. The van der Waals surface area contributed by atoms with E-state index in [1.165, 1.54) is 4.90 Å². The fourth-order valence-electron chi connectivity index (χ4n) is 3.12. The number of allylic oxidation sites excluding steroid dienone is 4. The Labute approximate surface area is 173 Å². The topological polar surface area (TPSA) is 48.8 Å². The first-order chi connectivity index (χ1) is 13.2. The van der Waals surface area contributed by atoms with E-state index in [4.69, 9.17) is 17.2 Å². The molecule has 0 saturated heterocycles. The Hall–Kier alpha value is -1.83. The van der Waals surface area contributed by atoms with Crippen molar-refractivity contribution in [3.8, 4) is 0 Å². The fraction of sp³-hybridized carbons (Fsp3) is 0.250. The summed E-state index contributed by atoms with van der Waals surface area (Å²) in [5.74, 6) is 0. The molecule has 0 saturated carbocycles. The third-order valence-electron chi connectivity index (χ3n) is 4.42. The van der Waals surface area contributed by atoms with Gasteiger partial charge in [0.25, 0.3) is 0 Å². The van der Waals surface area contributed by atoms with Crippen molar-refractivity contribution in [2.75, 3.05) is 18.1 Å². The van der Waals surface area contributed by atoms with Crippen LogP contribution in [-0.4, -0.2) is 34.4 Å². The molecule has 1 aromatic carbocycles. The van der Waals surface area contributed by atoms with Gasteiger partial charge in [-0.05, 0) is 49.5 Å². The van der Waals surface area contributed by atoms with Crippen LogP contribution in [0.25, 0.3) is 0 Å². The average molecular weight is 413 g/mol. The predicted octanol–water partition coefficient (Wildman–Crippen LogP) is 4.78. The van der Waals surface area contributed by atoms with E-state index < -0.39 is 0 Å². The molecule has 0 bridgehead atoms. The van der Waals surface area contributed by atoms with Crippen LogP contribution in [0.15, 0.2) is 74.3 Å². The fourth-order valence-corrected chi connectivity index (χ4v) is 5.05. The molecule has 0 aromatic heterocycles. The van der Waals surface area contributed by atoms with Crippen LogP contribution < -0.4 is 10.6 Å². The molecule has 4 nitrogen and oxygen atoms in total. The van der Waals surface area contributed by atoms with Gasteiger partial charge >= 0.3 is 0 Å². The Kier molecular flexibility index (Phi) is 5.80. The van der Waals surface area contributed by atoms with Gasteiger partial charge in [0, 0.05) is 22.4 Å². The number of thioether (sulfide) groups is 2. The number of dihydropyridines is 1. The molecule has 0 fully saturated rings. The standard InChI is InChI=1S/C20H20N4S3/c1-26-17-9-5-4-8-15(17)24-20(25)23-14-7-3-2-6-13(14)19-22-16-10-11-21-12-18(16)27-19/h4-11,18H,2-3,12H2,1H3,(H2,23,24,25). The lowest BCUT2D eigenvalue weighted by Gasteiger charge is -2.20. The van der Waals surface area contributed by atoms with Gasteiger partial charge in [0.1, 0.15) is 5.04 Å². The average Bonchev–Trinajstić information content (AvgIpc) is 3.13. The maximum Gasteiger partial charge on any atom is 0.175 e. The quantitative estimate of drug-likeness (QED) is 0.550. The van der Waals surface area contributed by atoms with E-state index in [1.807, 2.05) is 30.5 Å². The minimum absolute atomic E-state index is 0.340. The molecule has 1 atom stereocenters. The number of thiocarbonyl (C=S) groups is 1. The monoisotopic (exact) mass is 412 g/mol. The van der Waals surface area contributed by atoms with Gasteiger partial charge in [-0.2, -0.15) is 0 Å². The van der Waals surface area contributed by atoms with E-state index in [0.717, 1.165) is 47.1 Å². The highest BCUT2D eigenvalue weighted by Crippen LogP contribution is 2.37. The number of benzene rings is 1. The van der Waals surface area contributed by atoms with E-state index in [9.17, 15) is 0 Å². The highest BCUT2D eigenvalue weighted by atomic mass is 32.2. The van der Waals surface area contributed by atoms with E-state index in [0.29, 0.717) is 10.4 Å². The van der Waals surface area contributed by atoms with Crippen molar-refractivity contribution in [3.63, 3.8) is 0 Å². The number of fused-ring (bicyclic) bond motifs is 1. The molecule has 2 aliphatic heterocycles. The zero-order chi connectivity index (χ0) is 18.6. The molecule has 0 amide bonds. The van der Waals surface area contributed by atoms with Crippen LogP contribution in [0.4, 0.5) is 5.69 Å². The van der Waals surface area contributed by atoms with Gasteiger partial charge in [-0.25, -0.2) is 4.99 Å². The van der Waals surface area contributed by atoms with Crippen molar-refractivity contribution in [3.05, 3.63) is 59.5 Å². The summed E-state index contributed by atoms with van der Waals surface area (Å²) in [6.45, 7) is 0.800. The first kappa shape index (κ1) is 18.5. The molecule has 1 aromatic rings. The summed E-state index contributed by atoms with van der Waals surface area (Å²) < 4.78 is 0. The van der Waals surface area contributed by atoms with Crippen LogP contribution in [0.1, 0.15) is 12.8 Å². The van der Waals surface area contributed by atoms with E-state index in [1.54, 1.807) is 23.5 Å². The van der Waals surface area contributed by atoms with Crippen molar-refractivity contribution >= 4 is 57.8 Å². The third-order valence-corrected chi connectivity index (χ3v) is 6.63. The van der Waals surface area contributed by atoms with E-state index >= 15 is 0 Å². The van der Waals surface area contributed by atoms with Crippen molar-refractivity contribution in [2.24, 2.45) is 9.98 Å². The number of nitrogens with one attached hydrogen (secondary N) is 2. The van der Waals surface area contributed by atoms with Gasteiger partial charge in [0.05, 0.1) is 23.2 Å². The van der Waals surface area contributed by atoms with Gasteiger partial charge in [-0.1, -0.05) is 36.0 Å². The normalized spacial score (nSPS) is 20.9. The van der Waals surface area contributed by atoms with Crippen LogP contribution in [-0.2, 0) is 0 Å².